The van der Waals surface area contributed by atoms with Crippen molar-refractivity contribution in [2.24, 2.45) is 11.3 Å². The Hall–Kier alpha value is -2.82. The third-order valence-corrected chi connectivity index (χ3v) is 7.22. The molecule has 0 bridgehead atoms. The Bertz CT molecular complexity index is 964. The molecule has 2 heterocycles. The van der Waals surface area contributed by atoms with E-state index in [2.05, 4.69) is 43.0 Å². The van der Waals surface area contributed by atoms with Crippen molar-refractivity contribution in [1.29, 1.82) is 0 Å². The van der Waals surface area contributed by atoms with E-state index in [9.17, 15) is 9.59 Å². The molecule has 0 radical (unpaired) electrons. The van der Waals surface area contributed by atoms with Gasteiger partial charge in [0.05, 0.1) is 18.9 Å². The van der Waals surface area contributed by atoms with Crippen LogP contribution in [-0.4, -0.2) is 54.4 Å². The first kappa shape index (κ1) is 23.3. The van der Waals surface area contributed by atoms with E-state index in [-0.39, 0.29) is 17.4 Å². The molecule has 2 aromatic rings. The smallest absolute Gasteiger partial charge is 0.229 e. The van der Waals surface area contributed by atoms with Crippen LogP contribution in [0.2, 0.25) is 0 Å². The molecule has 5 nitrogen and oxygen atoms in total. The summed E-state index contributed by atoms with van der Waals surface area (Å²) in [5.74, 6) is 1.64. The maximum absolute atomic E-state index is 13.7. The molecule has 0 unspecified atom stereocenters. The summed E-state index contributed by atoms with van der Waals surface area (Å²) in [6.45, 7) is 6.47. The Balaban J connectivity index is 1.42. The molecule has 1 atom stereocenters. The lowest BCUT2D eigenvalue weighted by Crippen LogP contribution is -2.47. The van der Waals surface area contributed by atoms with Gasteiger partial charge in [-0.05, 0) is 54.9 Å². The van der Waals surface area contributed by atoms with E-state index in [0.717, 1.165) is 43.5 Å². The second-order valence-corrected chi connectivity index (χ2v) is 10.1. The number of hydrogen-bond donors (Lipinski definition) is 0. The maximum Gasteiger partial charge on any atom is 0.229 e. The number of amides is 2. The summed E-state index contributed by atoms with van der Waals surface area (Å²) in [6.07, 6.45) is 3.68. The number of hydrogen-bond acceptors (Lipinski definition) is 3. The number of nitrogens with zero attached hydrogens (tertiary/aromatic N) is 2. The Morgan fingerprint density at radius 2 is 1.76 bits per heavy atom. The number of rotatable bonds is 7. The van der Waals surface area contributed by atoms with Crippen LogP contribution in [0.15, 0.2) is 54.6 Å². The second-order valence-electron chi connectivity index (χ2n) is 10.1. The molecule has 2 aliphatic heterocycles. The van der Waals surface area contributed by atoms with Crippen molar-refractivity contribution in [3.8, 4) is 5.75 Å². The first-order valence-electron chi connectivity index (χ1n) is 12.2. The Morgan fingerprint density at radius 1 is 1.06 bits per heavy atom. The summed E-state index contributed by atoms with van der Waals surface area (Å²) in [5.41, 5.74) is 1.93. The molecular formula is C28H36N2O3. The van der Waals surface area contributed by atoms with E-state index in [4.69, 9.17) is 4.74 Å². The molecule has 1 spiro atoms. The predicted octanol–water partition coefficient (Wildman–Crippen LogP) is 4.35. The number of likely N-dealkylation sites (tertiary alicyclic amines) is 2. The van der Waals surface area contributed by atoms with Crippen LogP contribution in [0.5, 0.6) is 5.75 Å². The van der Waals surface area contributed by atoms with Gasteiger partial charge in [-0.2, -0.15) is 0 Å². The van der Waals surface area contributed by atoms with Gasteiger partial charge in [-0.1, -0.05) is 56.3 Å². The fourth-order valence-electron chi connectivity index (χ4n) is 5.48. The molecule has 2 aromatic carbocycles. The van der Waals surface area contributed by atoms with Crippen LogP contribution in [-0.2, 0) is 22.4 Å². The van der Waals surface area contributed by atoms with Crippen LogP contribution in [0.3, 0.4) is 0 Å². The van der Waals surface area contributed by atoms with Gasteiger partial charge in [0.2, 0.25) is 11.8 Å². The predicted molar refractivity (Wildman–Crippen MR) is 130 cm³/mol. The van der Waals surface area contributed by atoms with Crippen molar-refractivity contribution in [1.82, 2.24) is 9.80 Å². The largest absolute Gasteiger partial charge is 0.497 e. The highest BCUT2D eigenvalue weighted by atomic mass is 16.5. The average Bonchev–Trinajstić information content (AvgIpc) is 3.05. The van der Waals surface area contributed by atoms with E-state index < -0.39 is 0 Å². The van der Waals surface area contributed by atoms with Gasteiger partial charge < -0.3 is 14.5 Å². The van der Waals surface area contributed by atoms with Crippen LogP contribution < -0.4 is 4.74 Å². The number of carbonyl (C=O) groups excluding carboxylic acids is 2. The lowest BCUT2D eigenvalue weighted by atomic mass is 9.75. The van der Waals surface area contributed by atoms with Crippen molar-refractivity contribution in [3.63, 3.8) is 0 Å². The van der Waals surface area contributed by atoms with Crippen molar-refractivity contribution >= 4 is 11.8 Å². The number of methoxy groups -OCH3 is 1. The van der Waals surface area contributed by atoms with Gasteiger partial charge >= 0.3 is 0 Å². The molecule has 0 saturated carbocycles. The van der Waals surface area contributed by atoms with Gasteiger partial charge in [0.15, 0.2) is 0 Å². The van der Waals surface area contributed by atoms with Gasteiger partial charge in [-0.15, -0.1) is 0 Å². The maximum atomic E-state index is 13.7. The third-order valence-electron chi connectivity index (χ3n) is 7.22. The molecule has 2 aliphatic rings. The highest BCUT2D eigenvalue weighted by Gasteiger charge is 2.52. The summed E-state index contributed by atoms with van der Waals surface area (Å²) in [7, 11) is 1.64. The molecule has 4 rings (SSSR count). The summed E-state index contributed by atoms with van der Waals surface area (Å²) < 4.78 is 5.28. The van der Waals surface area contributed by atoms with Crippen molar-refractivity contribution in [2.75, 3.05) is 26.7 Å². The highest BCUT2D eigenvalue weighted by molar-refractivity contribution is 5.86. The molecule has 2 saturated heterocycles. The second kappa shape index (κ2) is 9.98. The molecule has 2 fully saturated rings. The van der Waals surface area contributed by atoms with E-state index in [0.29, 0.717) is 31.3 Å². The standard InChI is InChI=1S/C28H36N2O3/c1-21(2)20-30-24(16-22-8-5-4-6-9-22)19-28(27(30)32)12-14-29(15-13-28)26(31)18-23-10-7-11-25(17-23)33-3/h4-11,17,21,24H,12-16,18-20H2,1-3H3/t24-/m0/s1. The van der Waals surface area contributed by atoms with E-state index in [1.807, 2.05) is 35.2 Å². The van der Waals surface area contributed by atoms with Crippen LogP contribution in [0.1, 0.15) is 44.2 Å². The third kappa shape index (κ3) is 5.23. The molecule has 2 amide bonds. The molecular weight excluding hydrogens is 412 g/mol. The Labute approximate surface area is 197 Å². The highest BCUT2D eigenvalue weighted by Crippen LogP contribution is 2.45. The lowest BCUT2D eigenvalue weighted by Gasteiger charge is -2.38. The zero-order valence-corrected chi connectivity index (χ0v) is 20.1. The quantitative estimate of drug-likeness (QED) is 0.633. The topological polar surface area (TPSA) is 49.9 Å². The van der Waals surface area contributed by atoms with Crippen LogP contribution >= 0.6 is 0 Å². The van der Waals surface area contributed by atoms with Crippen LogP contribution in [0.25, 0.3) is 0 Å². The van der Waals surface area contributed by atoms with E-state index in [1.165, 1.54) is 5.56 Å². The first-order chi connectivity index (χ1) is 15.9. The van der Waals surface area contributed by atoms with E-state index >= 15 is 0 Å². The first-order valence-corrected chi connectivity index (χ1v) is 12.2. The molecule has 0 N–H and O–H groups in total. The van der Waals surface area contributed by atoms with Gasteiger partial charge in [-0.3, -0.25) is 9.59 Å². The minimum Gasteiger partial charge on any atom is -0.497 e. The van der Waals surface area contributed by atoms with Crippen molar-refractivity contribution < 1.29 is 14.3 Å². The average molecular weight is 449 g/mol. The van der Waals surface area contributed by atoms with E-state index in [1.54, 1.807) is 7.11 Å². The Kier molecular flexibility index (Phi) is 7.06. The molecule has 5 heteroatoms. The molecule has 0 aromatic heterocycles. The summed E-state index contributed by atoms with van der Waals surface area (Å²) >= 11 is 0. The number of benzene rings is 2. The fourth-order valence-corrected chi connectivity index (χ4v) is 5.48. The minimum atomic E-state index is -0.318. The summed E-state index contributed by atoms with van der Waals surface area (Å²) in [4.78, 5) is 30.7. The normalized spacial score (nSPS) is 20.0. The zero-order valence-electron chi connectivity index (χ0n) is 20.1. The zero-order chi connectivity index (χ0) is 23.4. The van der Waals surface area contributed by atoms with Crippen LogP contribution in [0.4, 0.5) is 0 Å². The summed E-state index contributed by atoms with van der Waals surface area (Å²) in [6, 6.07) is 18.4. The van der Waals surface area contributed by atoms with Crippen molar-refractivity contribution in [2.45, 2.75) is 52.0 Å². The minimum absolute atomic E-state index is 0.128. The fraction of sp³-hybridized carbons (Fsp3) is 0.500. The van der Waals surface area contributed by atoms with Gasteiger partial charge in [0, 0.05) is 25.7 Å². The lowest BCUT2D eigenvalue weighted by molar-refractivity contribution is -0.143. The SMILES string of the molecule is COc1cccc(CC(=O)N2CCC3(CC2)C[C@H](Cc2ccccc2)N(CC(C)C)C3=O)c1. The Morgan fingerprint density at radius 3 is 2.42 bits per heavy atom. The van der Waals surface area contributed by atoms with Crippen molar-refractivity contribution in [3.05, 3.63) is 65.7 Å². The van der Waals surface area contributed by atoms with Gasteiger partial charge in [-0.25, -0.2) is 0 Å². The molecule has 0 aliphatic carbocycles. The van der Waals surface area contributed by atoms with Crippen LogP contribution in [0, 0.1) is 11.3 Å². The molecule has 176 valence electrons. The summed E-state index contributed by atoms with van der Waals surface area (Å²) in [5, 5.41) is 0. The van der Waals surface area contributed by atoms with Gasteiger partial charge in [0.25, 0.3) is 0 Å². The monoisotopic (exact) mass is 448 g/mol. The molecule has 33 heavy (non-hydrogen) atoms. The number of ether oxygens (including phenoxy) is 1. The number of carbonyl (C=O) groups is 2. The number of piperidine rings is 1. The van der Waals surface area contributed by atoms with Gasteiger partial charge in [0.1, 0.15) is 5.75 Å².